The smallest absolute Gasteiger partial charge is 0.0648 e. The van der Waals surface area contributed by atoms with Crippen molar-refractivity contribution in [2.75, 3.05) is 64.4 Å². The number of thioether (sulfide) groups is 3. The van der Waals surface area contributed by atoms with Crippen LogP contribution >= 0.6 is 47.9 Å². The van der Waals surface area contributed by atoms with Crippen molar-refractivity contribution in [3.8, 4) is 0 Å². The standard InChI is InChI=1S/C26H48N2S4/c1-4-5-19-30-20-11-8-9-13-22-32-24-28(23-31-21-12-7-6-10-18-29)26-16-14-25(15-17-26)27(2)3/h14-17,29H,4-13,18-24H2,1-3H3. The minimum atomic E-state index is 1.03. The highest BCUT2D eigenvalue weighted by Gasteiger charge is 2.08. The molecule has 1 aromatic rings. The molecule has 0 unspecified atom stereocenters. The zero-order chi connectivity index (χ0) is 23.3. The zero-order valence-corrected chi connectivity index (χ0v) is 24.2. The highest BCUT2D eigenvalue weighted by Crippen LogP contribution is 2.24. The van der Waals surface area contributed by atoms with Crippen LogP contribution in [0.2, 0.25) is 0 Å². The van der Waals surface area contributed by atoms with E-state index in [1.165, 1.54) is 98.6 Å². The molecule has 0 aliphatic heterocycles. The second kappa shape index (κ2) is 21.7. The molecule has 6 heteroatoms. The Labute approximate surface area is 218 Å². The molecule has 0 spiro atoms. The molecule has 0 aliphatic carbocycles. The second-order valence-electron chi connectivity index (χ2n) is 8.54. The van der Waals surface area contributed by atoms with Gasteiger partial charge in [0.15, 0.2) is 0 Å². The highest BCUT2D eigenvalue weighted by atomic mass is 32.2. The third kappa shape index (κ3) is 16.0. The summed E-state index contributed by atoms with van der Waals surface area (Å²) in [7, 11) is 4.21. The van der Waals surface area contributed by atoms with Gasteiger partial charge in [-0.05, 0) is 85.1 Å². The fourth-order valence-corrected chi connectivity index (χ4v) is 6.72. The molecule has 1 aromatic carbocycles. The van der Waals surface area contributed by atoms with E-state index in [-0.39, 0.29) is 0 Å². The van der Waals surface area contributed by atoms with Crippen molar-refractivity contribution in [1.82, 2.24) is 0 Å². The van der Waals surface area contributed by atoms with Gasteiger partial charge in [0, 0.05) is 25.5 Å². The lowest BCUT2D eigenvalue weighted by Crippen LogP contribution is -2.22. The van der Waals surface area contributed by atoms with E-state index in [0.29, 0.717) is 0 Å². The number of unbranched alkanes of at least 4 members (excludes halogenated alkanes) is 7. The SMILES string of the molecule is CCCCSCCCCCCSCN(CSCCCCCCS)c1ccc(N(C)C)cc1. The first-order valence-electron chi connectivity index (χ1n) is 12.6. The maximum Gasteiger partial charge on any atom is 0.0648 e. The first-order valence-corrected chi connectivity index (χ1v) is 16.6. The summed E-state index contributed by atoms with van der Waals surface area (Å²) in [5.74, 6) is 8.47. The van der Waals surface area contributed by atoms with Crippen molar-refractivity contribution < 1.29 is 0 Å². The molecule has 0 fully saturated rings. The molecule has 0 saturated heterocycles. The van der Waals surface area contributed by atoms with Crippen molar-refractivity contribution >= 4 is 59.3 Å². The maximum absolute atomic E-state index is 4.31. The predicted molar refractivity (Wildman–Crippen MR) is 161 cm³/mol. The molecule has 32 heavy (non-hydrogen) atoms. The monoisotopic (exact) mass is 516 g/mol. The van der Waals surface area contributed by atoms with Gasteiger partial charge < -0.3 is 9.80 Å². The van der Waals surface area contributed by atoms with Crippen LogP contribution in [-0.4, -0.2) is 54.6 Å². The Morgan fingerprint density at radius 1 is 0.625 bits per heavy atom. The number of rotatable bonds is 22. The summed E-state index contributed by atoms with van der Waals surface area (Å²) in [5.41, 5.74) is 2.63. The first kappa shape index (κ1) is 30.3. The largest absolute Gasteiger partial charge is 0.378 e. The molecule has 0 amide bonds. The third-order valence-electron chi connectivity index (χ3n) is 5.39. The van der Waals surface area contributed by atoms with E-state index < -0.39 is 0 Å². The molecule has 0 aromatic heterocycles. The van der Waals surface area contributed by atoms with E-state index in [1.54, 1.807) is 0 Å². The van der Waals surface area contributed by atoms with Gasteiger partial charge in [-0.25, -0.2) is 0 Å². The number of nitrogens with zero attached hydrogens (tertiary/aromatic N) is 2. The van der Waals surface area contributed by atoms with Gasteiger partial charge in [-0.2, -0.15) is 24.4 Å². The van der Waals surface area contributed by atoms with Crippen molar-refractivity contribution in [1.29, 1.82) is 0 Å². The quantitative estimate of drug-likeness (QED) is 0.0934. The summed E-state index contributed by atoms with van der Waals surface area (Å²) in [5, 5.41) is 0. The van der Waals surface area contributed by atoms with Crippen LogP contribution in [0.3, 0.4) is 0 Å². The van der Waals surface area contributed by atoms with Gasteiger partial charge in [0.2, 0.25) is 0 Å². The lowest BCUT2D eigenvalue weighted by molar-refractivity contribution is 0.710. The molecular formula is C26H48N2S4. The van der Waals surface area contributed by atoms with Crippen LogP contribution in [0.4, 0.5) is 11.4 Å². The predicted octanol–water partition coefficient (Wildman–Crippen LogP) is 8.52. The molecule has 0 saturated carbocycles. The normalized spacial score (nSPS) is 11.1. The number of thiol groups is 1. The average Bonchev–Trinajstić information content (AvgIpc) is 2.80. The van der Waals surface area contributed by atoms with Gasteiger partial charge in [0.25, 0.3) is 0 Å². The van der Waals surface area contributed by atoms with Crippen LogP contribution in [0.5, 0.6) is 0 Å². The summed E-state index contributed by atoms with van der Waals surface area (Å²) in [6.45, 7) is 2.28. The van der Waals surface area contributed by atoms with E-state index >= 15 is 0 Å². The van der Waals surface area contributed by atoms with E-state index in [9.17, 15) is 0 Å². The Hall–Kier alpha value is 0.220. The minimum absolute atomic E-state index is 1.03. The number of hydrogen-bond acceptors (Lipinski definition) is 6. The summed E-state index contributed by atoms with van der Waals surface area (Å²) in [6.07, 6.45) is 13.5. The summed E-state index contributed by atoms with van der Waals surface area (Å²) in [6, 6.07) is 9.07. The maximum atomic E-state index is 4.31. The molecule has 2 nitrogen and oxygen atoms in total. The van der Waals surface area contributed by atoms with Gasteiger partial charge in [-0.3, -0.25) is 0 Å². The number of hydrogen-bond donors (Lipinski definition) is 1. The molecule has 0 heterocycles. The van der Waals surface area contributed by atoms with Gasteiger partial charge in [0.1, 0.15) is 0 Å². The molecule has 0 bridgehead atoms. The van der Waals surface area contributed by atoms with E-state index in [1.807, 2.05) is 0 Å². The van der Waals surface area contributed by atoms with Crippen LogP contribution in [0.25, 0.3) is 0 Å². The summed E-state index contributed by atoms with van der Waals surface area (Å²) in [4.78, 5) is 4.73. The van der Waals surface area contributed by atoms with Crippen molar-refractivity contribution in [3.63, 3.8) is 0 Å². The van der Waals surface area contributed by atoms with Gasteiger partial charge in [-0.15, -0.1) is 23.5 Å². The Kier molecular flexibility index (Phi) is 20.5. The minimum Gasteiger partial charge on any atom is -0.378 e. The highest BCUT2D eigenvalue weighted by molar-refractivity contribution is 8.00. The van der Waals surface area contributed by atoms with Crippen molar-refractivity contribution in [3.05, 3.63) is 24.3 Å². The molecule has 1 rings (SSSR count). The Morgan fingerprint density at radius 3 is 1.59 bits per heavy atom. The second-order valence-corrected chi connectivity index (χ2v) is 12.4. The average molecular weight is 517 g/mol. The molecule has 0 aliphatic rings. The van der Waals surface area contributed by atoms with E-state index in [2.05, 4.69) is 103 Å². The first-order chi connectivity index (χ1) is 15.7. The van der Waals surface area contributed by atoms with Gasteiger partial charge in [0.05, 0.1) is 11.8 Å². The Bertz CT molecular complexity index is 525. The van der Waals surface area contributed by atoms with Crippen LogP contribution in [0.15, 0.2) is 24.3 Å². The van der Waals surface area contributed by atoms with Crippen molar-refractivity contribution in [2.45, 2.75) is 71.1 Å². The molecule has 186 valence electrons. The lowest BCUT2D eigenvalue weighted by Gasteiger charge is -2.25. The zero-order valence-electron chi connectivity index (χ0n) is 20.9. The molecular weight excluding hydrogens is 469 g/mol. The van der Waals surface area contributed by atoms with E-state index in [4.69, 9.17) is 0 Å². The molecule has 0 radical (unpaired) electrons. The number of benzene rings is 1. The van der Waals surface area contributed by atoms with Crippen LogP contribution in [-0.2, 0) is 0 Å². The summed E-state index contributed by atoms with van der Waals surface area (Å²) < 4.78 is 0. The summed E-state index contributed by atoms with van der Waals surface area (Å²) >= 11 is 10.7. The van der Waals surface area contributed by atoms with Crippen LogP contribution in [0, 0.1) is 0 Å². The Balaban J connectivity index is 2.29. The molecule has 0 atom stereocenters. The van der Waals surface area contributed by atoms with Crippen LogP contribution in [0.1, 0.15) is 71.1 Å². The topological polar surface area (TPSA) is 6.48 Å². The number of anilines is 2. The molecule has 0 N–H and O–H groups in total. The third-order valence-corrected chi connectivity index (χ3v) is 9.01. The van der Waals surface area contributed by atoms with Gasteiger partial charge in [-0.1, -0.05) is 39.0 Å². The lowest BCUT2D eigenvalue weighted by atomic mass is 10.2. The van der Waals surface area contributed by atoms with Crippen molar-refractivity contribution in [2.24, 2.45) is 0 Å². The fourth-order valence-electron chi connectivity index (χ4n) is 3.28. The Morgan fingerprint density at radius 2 is 1.09 bits per heavy atom. The van der Waals surface area contributed by atoms with Gasteiger partial charge >= 0.3 is 0 Å². The van der Waals surface area contributed by atoms with Crippen LogP contribution < -0.4 is 9.80 Å². The fraction of sp³-hybridized carbons (Fsp3) is 0.769. The van der Waals surface area contributed by atoms with E-state index in [0.717, 1.165) is 17.5 Å².